The van der Waals surface area contributed by atoms with E-state index in [4.69, 9.17) is 9.47 Å². The maximum Gasteiger partial charge on any atom is 0.336 e. The number of benzene rings is 7. The largest absolute Gasteiger partial charge is 0.423 e. The fraction of sp³-hybridized carbons (Fsp3) is 0. The first-order chi connectivity index (χ1) is 26.1. The first-order valence-electron chi connectivity index (χ1n) is 17.2. The molecule has 0 fully saturated rings. The van der Waals surface area contributed by atoms with E-state index >= 15 is 0 Å². The number of rotatable bonds is 11. The molecule has 0 saturated carbocycles. The van der Waals surface area contributed by atoms with Gasteiger partial charge in [0, 0.05) is 29.2 Å². The molecule has 7 rings (SSSR count). The van der Waals surface area contributed by atoms with Crippen LogP contribution in [0.3, 0.4) is 0 Å². The van der Waals surface area contributed by atoms with Gasteiger partial charge in [0.25, 0.3) is 0 Å². The number of carbonyl (C=O) groups excluding carboxylic acids is 2. The Kier molecular flexibility index (Phi) is 10.7. The summed E-state index contributed by atoms with van der Waals surface area (Å²) in [6.07, 6.45) is 6.34. The van der Waals surface area contributed by atoms with Crippen molar-refractivity contribution in [3.63, 3.8) is 0 Å². The molecule has 0 aliphatic heterocycles. The third kappa shape index (κ3) is 9.11. The van der Waals surface area contributed by atoms with E-state index in [2.05, 4.69) is 65.6 Å². The number of para-hydroxylation sites is 1. The quantitative estimate of drug-likeness (QED) is 0.0769. The van der Waals surface area contributed by atoms with Crippen LogP contribution in [0.4, 0.5) is 17.1 Å². The fourth-order valence-electron chi connectivity index (χ4n) is 5.87. The monoisotopic (exact) mass is 689 g/mol. The van der Waals surface area contributed by atoms with Gasteiger partial charge in [0.1, 0.15) is 11.5 Å². The van der Waals surface area contributed by atoms with Gasteiger partial charge in [-0.05, 0) is 106 Å². The summed E-state index contributed by atoms with van der Waals surface area (Å²) >= 11 is 0. The molecule has 0 spiro atoms. The van der Waals surface area contributed by atoms with Crippen LogP contribution in [0.1, 0.15) is 11.1 Å². The molecule has 0 saturated heterocycles. The standard InChI is InChI=1S/C48H35NO4/c50-47(32-22-36-12-4-1-5-13-36)52-45-20-10-16-40(34-45)38-24-28-43(29-25-38)49(42-18-8-3-9-19-42)44-30-26-39(27-31-44)41-17-11-21-46(35-41)53-48(51)33-23-37-14-6-2-7-15-37/h1-35H/b32-22+,33-23+. The van der Waals surface area contributed by atoms with E-state index in [-0.39, 0.29) is 0 Å². The topological polar surface area (TPSA) is 55.8 Å². The molecule has 0 unspecified atom stereocenters. The number of carbonyl (C=O) groups is 2. The first-order valence-corrected chi connectivity index (χ1v) is 17.2. The highest BCUT2D eigenvalue weighted by atomic mass is 16.5. The fourth-order valence-corrected chi connectivity index (χ4v) is 5.87. The Bertz CT molecular complexity index is 2200. The van der Waals surface area contributed by atoms with Gasteiger partial charge in [-0.15, -0.1) is 0 Å². The zero-order chi connectivity index (χ0) is 36.2. The average molecular weight is 690 g/mol. The molecule has 0 atom stereocenters. The minimum Gasteiger partial charge on any atom is -0.423 e. The summed E-state index contributed by atoms with van der Waals surface area (Å²) < 4.78 is 11.2. The predicted octanol–water partition coefficient (Wildman–Crippen LogP) is 11.7. The number of hydrogen-bond donors (Lipinski definition) is 0. The van der Waals surface area contributed by atoms with E-state index < -0.39 is 11.9 Å². The van der Waals surface area contributed by atoms with Gasteiger partial charge in [-0.1, -0.05) is 127 Å². The van der Waals surface area contributed by atoms with Crippen molar-refractivity contribution in [3.05, 3.63) is 211 Å². The molecule has 5 nitrogen and oxygen atoms in total. The molecule has 0 aliphatic carbocycles. The van der Waals surface area contributed by atoms with E-state index in [0.29, 0.717) is 11.5 Å². The van der Waals surface area contributed by atoms with Crippen molar-refractivity contribution in [2.45, 2.75) is 0 Å². The summed E-state index contributed by atoms with van der Waals surface area (Å²) in [5, 5.41) is 0. The van der Waals surface area contributed by atoms with Crippen molar-refractivity contribution >= 4 is 41.2 Å². The van der Waals surface area contributed by atoms with Crippen LogP contribution in [0.25, 0.3) is 34.4 Å². The first kappa shape index (κ1) is 34.2. The van der Waals surface area contributed by atoms with Crippen LogP contribution in [0, 0.1) is 0 Å². The predicted molar refractivity (Wildman–Crippen MR) is 214 cm³/mol. The van der Waals surface area contributed by atoms with Crippen LogP contribution >= 0.6 is 0 Å². The minimum atomic E-state index is -0.436. The zero-order valence-corrected chi connectivity index (χ0v) is 28.8. The molecule has 0 aromatic heterocycles. The second-order valence-electron chi connectivity index (χ2n) is 12.2. The molecule has 0 bridgehead atoms. The number of ether oxygens (including phenoxy) is 2. The van der Waals surface area contributed by atoms with Crippen LogP contribution < -0.4 is 14.4 Å². The van der Waals surface area contributed by atoms with Crippen LogP contribution in [0.2, 0.25) is 0 Å². The minimum absolute atomic E-state index is 0.436. The Balaban J connectivity index is 1.07. The van der Waals surface area contributed by atoms with Crippen molar-refractivity contribution in [1.82, 2.24) is 0 Å². The Morgan fingerprint density at radius 1 is 0.377 bits per heavy atom. The van der Waals surface area contributed by atoms with Gasteiger partial charge < -0.3 is 14.4 Å². The van der Waals surface area contributed by atoms with Crippen molar-refractivity contribution in [2.75, 3.05) is 4.90 Å². The molecule has 5 heteroatoms. The van der Waals surface area contributed by atoms with Gasteiger partial charge >= 0.3 is 11.9 Å². The lowest BCUT2D eigenvalue weighted by molar-refractivity contribution is -0.129. The Morgan fingerprint density at radius 3 is 1.17 bits per heavy atom. The maximum atomic E-state index is 12.5. The molecule has 0 amide bonds. The van der Waals surface area contributed by atoms with Crippen LogP contribution in [0.15, 0.2) is 200 Å². The van der Waals surface area contributed by atoms with Gasteiger partial charge in [-0.3, -0.25) is 0 Å². The molecule has 0 radical (unpaired) electrons. The lowest BCUT2D eigenvalue weighted by Crippen LogP contribution is -2.09. The highest BCUT2D eigenvalue weighted by Crippen LogP contribution is 2.37. The second kappa shape index (κ2) is 16.6. The van der Waals surface area contributed by atoms with Gasteiger partial charge in [0.15, 0.2) is 0 Å². The smallest absolute Gasteiger partial charge is 0.336 e. The SMILES string of the molecule is O=C(/C=C/c1ccccc1)Oc1cccc(-c2ccc(N(c3ccccc3)c3ccc(-c4cccc(OC(=O)/C=C/c5ccccc5)c4)cc3)cc2)c1. The summed E-state index contributed by atoms with van der Waals surface area (Å²) in [7, 11) is 0. The van der Waals surface area contributed by atoms with Crippen LogP contribution in [-0.4, -0.2) is 11.9 Å². The van der Waals surface area contributed by atoms with E-state index in [0.717, 1.165) is 50.4 Å². The molecule has 53 heavy (non-hydrogen) atoms. The van der Waals surface area contributed by atoms with E-state index in [1.807, 2.05) is 115 Å². The summed E-state index contributed by atoms with van der Waals surface area (Å²) in [5.41, 5.74) is 8.69. The van der Waals surface area contributed by atoms with Crippen LogP contribution in [0.5, 0.6) is 11.5 Å². The number of hydrogen-bond acceptors (Lipinski definition) is 5. The van der Waals surface area contributed by atoms with Crippen molar-refractivity contribution in [1.29, 1.82) is 0 Å². The molecule has 256 valence electrons. The van der Waals surface area contributed by atoms with E-state index in [1.54, 1.807) is 24.3 Å². The summed E-state index contributed by atoms with van der Waals surface area (Å²) in [6, 6.07) is 61.1. The highest BCUT2D eigenvalue weighted by molar-refractivity contribution is 5.90. The second-order valence-corrected chi connectivity index (χ2v) is 12.2. The maximum absolute atomic E-state index is 12.5. The average Bonchev–Trinajstić information content (AvgIpc) is 3.21. The van der Waals surface area contributed by atoms with Gasteiger partial charge in [0.05, 0.1) is 0 Å². The number of anilines is 3. The van der Waals surface area contributed by atoms with Crippen LogP contribution in [-0.2, 0) is 9.59 Å². The highest BCUT2D eigenvalue weighted by Gasteiger charge is 2.14. The molecule has 7 aromatic carbocycles. The number of esters is 2. The van der Waals surface area contributed by atoms with Crippen molar-refractivity contribution in [2.24, 2.45) is 0 Å². The molecule has 0 N–H and O–H groups in total. The van der Waals surface area contributed by atoms with Gasteiger partial charge in [-0.25, -0.2) is 9.59 Å². The Hall–Kier alpha value is -7.24. The molecule has 7 aromatic rings. The third-order valence-corrected chi connectivity index (χ3v) is 8.46. The molecular formula is C48H35NO4. The lowest BCUT2D eigenvalue weighted by Gasteiger charge is -2.26. The third-order valence-electron chi connectivity index (χ3n) is 8.46. The van der Waals surface area contributed by atoms with E-state index in [9.17, 15) is 9.59 Å². The lowest BCUT2D eigenvalue weighted by atomic mass is 10.0. The summed E-state index contributed by atoms with van der Waals surface area (Å²) in [6.45, 7) is 0. The van der Waals surface area contributed by atoms with Gasteiger partial charge in [0.2, 0.25) is 0 Å². The normalized spacial score (nSPS) is 11.0. The molecule has 0 heterocycles. The van der Waals surface area contributed by atoms with E-state index in [1.165, 1.54) is 12.2 Å². The molecule has 0 aliphatic rings. The Labute approximate surface area is 309 Å². The summed E-state index contributed by atoms with van der Waals surface area (Å²) in [5.74, 6) is 0.0794. The number of nitrogens with zero attached hydrogens (tertiary/aromatic N) is 1. The van der Waals surface area contributed by atoms with Crippen molar-refractivity contribution < 1.29 is 19.1 Å². The van der Waals surface area contributed by atoms with Gasteiger partial charge in [-0.2, -0.15) is 0 Å². The summed E-state index contributed by atoms with van der Waals surface area (Å²) in [4.78, 5) is 27.2. The zero-order valence-electron chi connectivity index (χ0n) is 28.8. The van der Waals surface area contributed by atoms with Crippen molar-refractivity contribution in [3.8, 4) is 33.8 Å². The Morgan fingerprint density at radius 2 is 0.755 bits per heavy atom. The molecular weight excluding hydrogens is 655 g/mol.